The van der Waals surface area contributed by atoms with E-state index in [4.69, 9.17) is 5.26 Å². The van der Waals surface area contributed by atoms with Gasteiger partial charge in [0.15, 0.2) is 0 Å². The van der Waals surface area contributed by atoms with Crippen LogP contribution in [0.5, 0.6) is 0 Å². The first-order valence-electron chi connectivity index (χ1n) is 7.67. The Labute approximate surface area is 133 Å². The summed E-state index contributed by atoms with van der Waals surface area (Å²) in [6.07, 6.45) is 4.07. The minimum atomic E-state index is -3.51. The number of rotatable bonds is 7. The van der Waals surface area contributed by atoms with E-state index >= 15 is 0 Å². The summed E-state index contributed by atoms with van der Waals surface area (Å²) in [5.41, 5.74) is 1.25. The van der Waals surface area contributed by atoms with Gasteiger partial charge in [0, 0.05) is 26.1 Å². The predicted molar refractivity (Wildman–Crippen MR) is 86.2 cm³/mol. The van der Waals surface area contributed by atoms with Crippen molar-refractivity contribution in [3.63, 3.8) is 0 Å². The van der Waals surface area contributed by atoms with Crippen molar-refractivity contribution in [3.05, 3.63) is 35.9 Å². The molecule has 0 aromatic heterocycles. The molecule has 0 amide bonds. The van der Waals surface area contributed by atoms with E-state index < -0.39 is 10.2 Å². The van der Waals surface area contributed by atoms with Crippen LogP contribution in [0.25, 0.3) is 0 Å². The monoisotopic (exact) mass is 321 g/mol. The Morgan fingerprint density at radius 1 is 1.32 bits per heavy atom. The molecule has 0 spiro atoms. The summed E-state index contributed by atoms with van der Waals surface area (Å²) in [4.78, 5) is 0. The van der Waals surface area contributed by atoms with Crippen LogP contribution >= 0.6 is 0 Å². The molecule has 1 aliphatic rings. The highest BCUT2D eigenvalue weighted by molar-refractivity contribution is 7.87. The summed E-state index contributed by atoms with van der Waals surface area (Å²) in [6.45, 7) is 0.224. The Balaban J connectivity index is 1.97. The minimum Gasteiger partial charge on any atom is -0.199 e. The number of nitriles is 1. The van der Waals surface area contributed by atoms with Gasteiger partial charge in [-0.3, -0.25) is 0 Å². The fourth-order valence-electron chi connectivity index (χ4n) is 2.96. The van der Waals surface area contributed by atoms with Crippen molar-refractivity contribution in [2.45, 2.75) is 38.1 Å². The maximum atomic E-state index is 12.3. The van der Waals surface area contributed by atoms with Gasteiger partial charge in [0.1, 0.15) is 0 Å². The first kappa shape index (κ1) is 16.9. The number of nitrogens with zero attached hydrogens (tertiary/aromatic N) is 2. The van der Waals surface area contributed by atoms with Crippen molar-refractivity contribution in [2.75, 3.05) is 13.6 Å². The molecule has 0 unspecified atom stereocenters. The SMILES string of the molecule is CN(CCC#N)S(=O)(=O)N[C@@H]1CCC[C@H]1Cc1ccccc1. The van der Waals surface area contributed by atoms with E-state index in [0.29, 0.717) is 5.92 Å². The van der Waals surface area contributed by atoms with Gasteiger partial charge in [-0.25, -0.2) is 0 Å². The molecule has 1 aromatic rings. The lowest BCUT2D eigenvalue weighted by Gasteiger charge is -2.24. The maximum absolute atomic E-state index is 12.3. The van der Waals surface area contributed by atoms with Crippen LogP contribution < -0.4 is 4.72 Å². The molecule has 1 fully saturated rings. The Hall–Kier alpha value is -1.42. The van der Waals surface area contributed by atoms with Gasteiger partial charge in [-0.05, 0) is 30.7 Å². The van der Waals surface area contributed by atoms with Crippen LogP contribution in [0.2, 0.25) is 0 Å². The van der Waals surface area contributed by atoms with Crippen molar-refractivity contribution in [2.24, 2.45) is 5.92 Å². The van der Waals surface area contributed by atoms with Gasteiger partial charge in [-0.15, -0.1) is 0 Å². The third kappa shape index (κ3) is 4.54. The van der Waals surface area contributed by atoms with E-state index in [9.17, 15) is 8.42 Å². The van der Waals surface area contributed by atoms with Gasteiger partial charge in [0.05, 0.1) is 6.07 Å². The van der Waals surface area contributed by atoms with Crippen LogP contribution in [0.4, 0.5) is 0 Å². The zero-order chi connectivity index (χ0) is 16.0. The molecule has 22 heavy (non-hydrogen) atoms. The van der Waals surface area contributed by atoms with Crippen LogP contribution in [-0.4, -0.2) is 32.4 Å². The Morgan fingerprint density at radius 2 is 2.05 bits per heavy atom. The lowest BCUT2D eigenvalue weighted by molar-refractivity contribution is 0.411. The van der Waals surface area contributed by atoms with Crippen molar-refractivity contribution < 1.29 is 8.42 Å². The quantitative estimate of drug-likeness (QED) is 0.835. The highest BCUT2D eigenvalue weighted by Crippen LogP contribution is 2.29. The number of hydrogen-bond acceptors (Lipinski definition) is 3. The summed E-state index contributed by atoms with van der Waals surface area (Å²) >= 11 is 0. The van der Waals surface area contributed by atoms with Gasteiger partial charge in [0.25, 0.3) is 10.2 Å². The summed E-state index contributed by atoms with van der Waals surface area (Å²) in [6, 6.07) is 12.1. The highest BCUT2D eigenvalue weighted by Gasteiger charge is 2.32. The molecule has 6 heteroatoms. The maximum Gasteiger partial charge on any atom is 0.279 e. The molecule has 0 heterocycles. The summed E-state index contributed by atoms with van der Waals surface area (Å²) in [7, 11) is -1.99. The van der Waals surface area contributed by atoms with E-state index in [1.165, 1.54) is 16.9 Å². The second-order valence-electron chi connectivity index (χ2n) is 5.84. The number of nitrogens with one attached hydrogen (secondary N) is 1. The average Bonchev–Trinajstić information content (AvgIpc) is 2.92. The van der Waals surface area contributed by atoms with Crippen LogP contribution in [0.15, 0.2) is 30.3 Å². The zero-order valence-electron chi connectivity index (χ0n) is 12.9. The fourth-order valence-corrected chi connectivity index (χ4v) is 4.17. The average molecular weight is 321 g/mol. The van der Waals surface area contributed by atoms with Crippen LogP contribution in [-0.2, 0) is 16.6 Å². The molecule has 1 saturated carbocycles. The Kier molecular flexibility index (Phi) is 5.95. The third-order valence-corrected chi connectivity index (χ3v) is 5.85. The zero-order valence-corrected chi connectivity index (χ0v) is 13.7. The van der Waals surface area contributed by atoms with E-state index in [1.54, 1.807) is 0 Å². The number of benzene rings is 1. The molecule has 5 nitrogen and oxygen atoms in total. The summed E-state index contributed by atoms with van der Waals surface area (Å²) in [5.74, 6) is 0.335. The standard InChI is InChI=1S/C16H23N3O2S/c1-19(12-6-11-17)22(20,21)18-16-10-5-9-15(16)13-14-7-3-2-4-8-14/h2-4,7-8,15-16,18H,5-6,9-10,12-13H2,1H3/t15-,16+/m0/s1. The third-order valence-electron chi connectivity index (χ3n) is 4.25. The normalized spacial score (nSPS) is 21.9. The molecule has 1 aliphatic carbocycles. The van der Waals surface area contributed by atoms with Gasteiger partial charge in [0.2, 0.25) is 0 Å². The molecular weight excluding hydrogens is 298 g/mol. The largest absolute Gasteiger partial charge is 0.279 e. The molecule has 2 atom stereocenters. The summed E-state index contributed by atoms with van der Waals surface area (Å²) < 4.78 is 28.6. The Bertz CT molecular complexity index is 610. The molecule has 2 rings (SSSR count). The molecule has 0 bridgehead atoms. The van der Waals surface area contributed by atoms with E-state index in [2.05, 4.69) is 16.9 Å². The van der Waals surface area contributed by atoms with Crippen LogP contribution in [0, 0.1) is 17.2 Å². The minimum absolute atomic E-state index is 0.0188. The van der Waals surface area contributed by atoms with Gasteiger partial charge in [-0.2, -0.15) is 22.7 Å². The van der Waals surface area contributed by atoms with Gasteiger partial charge in [-0.1, -0.05) is 36.8 Å². The summed E-state index contributed by atoms with van der Waals surface area (Å²) in [5, 5.41) is 8.58. The molecular formula is C16H23N3O2S. The van der Waals surface area contributed by atoms with Gasteiger partial charge < -0.3 is 0 Å². The molecule has 0 radical (unpaired) electrons. The predicted octanol–water partition coefficient (Wildman–Crippen LogP) is 2.08. The first-order chi connectivity index (χ1) is 10.5. The molecule has 0 aliphatic heterocycles. The number of hydrogen-bond donors (Lipinski definition) is 1. The van der Waals surface area contributed by atoms with Crippen molar-refractivity contribution in [1.82, 2.24) is 9.03 Å². The van der Waals surface area contributed by atoms with Crippen molar-refractivity contribution >= 4 is 10.2 Å². The first-order valence-corrected chi connectivity index (χ1v) is 9.11. The molecule has 1 N–H and O–H groups in total. The van der Waals surface area contributed by atoms with E-state index in [-0.39, 0.29) is 19.0 Å². The van der Waals surface area contributed by atoms with Crippen LogP contribution in [0.3, 0.4) is 0 Å². The van der Waals surface area contributed by atoms with E-state index in [1.807, 2.05) is 24.3 Å². The van der Waals surface area contributed by atoms with Crippen molar-refractivity contribution in [1.29, 1.82) is 5.26 Å². The lowest BCUT2D eigenvalue weighted by Crippen LogP contribution is -2.45. The lowest BCUT2D eigenvalue weighted by atomic mass is 9.95. The fraction of sp³-hybridized carbons (Fsp3) is 0.562. The van der Waals surface area contributed by atoms with Crippen molar-refractivity contribution in [3.8, 4) is 6.07 Å². The second kappa shape index (κ2) is 7.73. The molecule has 1 aromatic carbocycles. The molecule has 120 valence electrons. The smallest absolute Gasteiger partial charge is 0.199 e. The topological polar surface area (TPSA) is 73.2 Å². The molecule has 0 saturated heterocycles. The second-order valence-corrected chi connectivity index (χ2v) is 7.65. The van der Waals surface area contributed by atoms with Gasteiger partial charge >= 0.3 is 0 Å². The Morgan fingerprint density at radius 3 is 2.73 bits per heavy atom. The van der Waals surface area contributed by atoms with Crippen LogP contribution in [0.1, 0.15) is 31.2 Å². The van der Waals surface area contributed by atoms with E-state index in [0.717, 1.165) is 25.7 Å². The highest BCUT2D eigenvalue weighted by atomic mass is 32.2.